The molecule has 146 valence electrons. The number of nitrogens with one attached hydrogen (secondary N) is 1. The normalized spacial score (nSPS) is 16.3. The number of aryl methyl sites for hydroxylation is 2. The SMILES string of the molecule is Cc1cc(=O)oc2c3c(cc(OCC(=O)NC(C)CO)c12)OC(C)(C)CC3. The Balaban J connectivity index is 2.01. The maximum absolute atomic E-state index is 12.0. The van der Waals surface area contributed by atoms with Crippen LogP contribution in [0.4, 0.5) is 0 Å². The van der Waals surface area contributed by atoms with E-state index in [0.29, 0.717) is 28.0 Å². The molecule has 2 heterocycles. The zero-order chi connectivity index (χ0) is 19.8. The van der Waals surface area contributed by atoms with Gasteiger partial charge in [-0.3, -0.25) is 4.79 Å². The van der Waals surface area contributed by atoms with Crippen molar-refractivity contribution in [2.24, 2.45) is 0 Å². The van der Waals surface area contributed by atoms with Gasteiger partial charge < -0.3 is 24.3 Å². The molecule has 2 N–H and O–H groups in total. The Labute approximate surface area is 157 Å². The molecule has 0 fully saturated rings. The second-order valence-corrected chi connectivity index (χ2v) is 7.61. The second kappa shape index (κ2) is 7.23. The summed E-state index contributed by atoms with van der Waals surface area (Å²) in [7, 11) is 0. The van der Waals surface area contributed by atoms with E-state index >= 15 is 0 Å². The van der Waals surface area contributed by atoms with Crippen LogP contribution >= 0.6 is 0 Å². The molecule has 7 nitrogen and oxygen atoms in total. The van der Waals surface area contributed by atoms with Crippen molar-refractivity contribution in [3.05, 3.63) is 33.7 Å². The highest BCUT2D eigenvalue weighted by Crippen LogP contribution is 2.42. The van der Waals surface area contributed by atoms with Crippen molar-refractivity contribution in [2.45, 2.75) is 52.2 Å². The zero-order valence-corrected chi connectivity index (χ0v) is 16.0. The van der Waals surface area contributed by atoms with Crippen molar-refractivity contribution in [3.63, 3.8) is 0 Å². The van der Waals surface area contributed by atoms with Gasteiger partial charge in [0.05, 0.1) is 12.0 Å². The molecule has 1 aliphatic rings. The van der Waals surface area contributed by atoms with Gasteiger partial charge in [-0.1, -0.05) is 0 Å². The Hall–Kier alpha value is -2.54. The largest absolute Gasteiger partial charge is 0.487 e. The maximum atomic E-state index is 12.0. The predicted octanol–water partition coefficient (Wildman–Crippen LogP) is 2.08. The summed E-state index contributed by atoms with van der Waals surface area (Å²) < 4.78 is 17.3. The van der Waals surface area contributed by atoms with Gasteiger partial charge in [0.15, 0.2) is 6.61 Å². The molecule has 0 radical (unpaired) electrons. The third kappa shape index (κ3) is 4.08. The number of carbonyl (C=O) groups is 1. The number of amides is 1. The number of hydrogen-bond donors (Lipinski definition) is 2. The molecule has 1 atom stereocenters. The summed E-state index contributed by atoms with van der Waals surface area (Å²) in [5.74, 6) is 0.680. The smallest absolute Gasteiger partial charge is 0.336 e. The quantitative estimate of drug-likeness (QED) is 0.777. The molecule has 2 aromatic rings. The highest BCUT2D eigenvalue weighted by Gasteiger charge is 2.30. The van der Waals surface area contributed by atoms with Crippen LogP contribution in [0.2, 0.25) is 0 Å². The monoisotopic (exact) mass is 375 g/mol. The van der Waals surface area contributed by atoms with Crippen molar-refractivity contribution in [1.29, 1.82) is 0 Å². The van der Waals surface area contributed by atoms with Gasteiger partial charge in [0.2, 0.25) is 0 Å². The van der Waals surface area contributed by atoms with E-state index in [1.54, 1.807) is 19.9 Å². The minimum absolute atomic E-state index is 0.152. The van der Waals surface area contributed by atoms with Gasteiger partial charge in [0.25, 0.3) is 5.91 Å². The first kappa shape index (κ1) is 19.2. The molecule has 0 spiro atoms. The fraction of sp³-hybridized carbons (Fsp3) is 0.500. The molecule has 0 saturated carbocycles. The molecule has 0 bridgehead atoms. The van der Waals surface area contributed by atoms with Gasteiger partial charge in [-0.05, 0) is 46.1 Å². The highest BCUT2D eigenvalue weighted by molar-refractivity contribution is 5.91. The van der Waals surface area contributed by atoms with Crippen molar-refractivity contribution >= 4 is 16.9 Å². The molecule has 1 amide bonds. The van der Waals surface area contributed by atoms with Gasteiger partial charge in [0.1, 0.15) is 22.7 Å². The van der Waals surface area contributed by atoms with Crippen LogP contribution in [0.1, 0.15) is 38.3 Å². The van der Waals surface area contributed by atoms with E-state index in [9.17, 15) is 9.59 Å². The minimum Gasteiger partial charge on any atom is -0.487 e. The first-order chi connectivity index (χ1) is 12.7. The van der Waals surface area contributed by atoms with E-state index in [0.717, 1.165) is 18.4 Å². The van der Waals surface area contributed by atoms with Crippen LogP contribution in [-0.4, -0.2) is 35.9 Å². The third-order valence-electron chi connectivity index (χ3n) is 4.64. The van der Waals surface area contributed by atoms with Crippen molar-refractivity contribution in [1.82, 2.24) is 5.32 Å². The van der Waals surface area contributed by atoms with E-state index in [-0.39, 0.29) is 30.8 Å². The number of aliphatic hydroxyl groups excluding tert-OH is 1. The Morgan fingerprint density at radius 3 is 2.85 bits per heavy atom. The number of hydrogen-bond acceptors (Lipinski definition) is 6. The van der Waals surface area contributed by atoms with Gasteiger partial charge in [0, 0.05) is 23.7 Å². The fourth-order valence-electron chi connectivity index (χ4n) is 3.24. The molecule has 1 unspecified atom stereocenters. The molecular weight excluding hydrogens is 350 g/mol. The standard InChI is InChI=1S/C20H25NO6/c1-11-7-17(24)26-19-13-5-6-20(3,4)27-14(13)8-15(18(11)19)25-10-16(23)21-12(2)9-22/h7-8,12,22H,5-6,9-10H2,1-4H3,(H,21,23). The Kier molecular flexibility index (Phi) is 5.15. The summed E-state index contributed by atoms with van der Waals surface area (Å²) in [6.45, 7) is 7.12. The molecule has 1 aromatic heterocycles. The Morgan fingerprint density at radius 1 is 1.41 bits per heavy atom. The average molecular weight is 375 g/mol. The lowest BCUT2D eigenvalue weighted by molar-refractivity contribution is -0.123. The van der Waals surface area contributed by atoms with Crippen LogP contribution in [0.5, 0.6) is 11.5 Å². The van der Waals surface area contributed by atoms with E-state index < -0.39 is 5.63 Å². The number of carbonyl (C=O) groups excluding carboxylic acids is 1. The molecule has 0 saturated heterocycles. The lowest BCUT2D eigenvalue weighted by Crippen LogP contribution is -2.38. The van der Waals surface area contributed by atoms with Crippen molar-refractivity contribution < 1.29 is 23.8 Å². The summed E-state index contributed by atoms with van der Waals surface area (Å²) in [6, 6.07) is 2.81. The molecule has 1 aromatic carbocycles. The van der Waals surface area contributed by atoms with Gasteiger partial charge in [-0.25, -0.2) is 4.79 Å². The van der Waals surface area contributed by atoms with Gasteiger partial charge in [-0.2, -0.15) is 0 Å². The van der Waals surface area contributed by atoms with Crippen LogP contribution in [0.3, 0.4) is 0 Å². The zero-order valence-electron chi connectivity index (χ0n) is 16.0. The molecule has 1 aliphatic heterocycles. The number of ether oxygens (including phenoxy) is 2. The van der Waals surface area contributed by atoms with Crippen molar-refractivity contribution in [3.8, 4) is 11.5 Å². The van der Waals surface area contributed by atoms with E-state index in [4.69, 9.17) is 19.0 Å². The number of aliphatic hydroxyl groups is 1. The Morgan fingerprint density at radius 2 is 2.15 bits per heavy atom. The number of rotatable bonds is 5. The molecule has 3 rings (SSSR count). The Bertz CT molecular complexity index is 930. The molecule has 7 heteroatoms. The van der Waals surface area contributed by atoms with Crippen molar-refractivity contribution in [2.75, 3.05) is 13.2 Å². The second-order valence-electron chi connectivity index (χ2n) is 7.61. The predicted molar refractivity (Wildman–Crippen MR) is 100 cm³/mol. The lowest BCUT2D eigenvalue weighted by atomic mass is 9.92. The van der Waals surface area contributed by atoms with Gasteiger partial charge in [-0.15, -0.1) is 0 Å². The molecule has 27 heavy (non-hydrogen) atoms. The number of fused-ring (bicyclic) bond motifs is 3. The summed E-state index contributed by atoms with van der Waals surface area (Å²) in [5.41, 5.74) is 1.24. The molecule has 0 aliphatic carbocycles. The first-order valence-electron chi connectivity index (χ1n) is 9.02. The lowest BCUT2D eigenvalue weighted by Gasteiger charge is -2.33. The van der Waals surface area contributed by atoms with E-state index in [1.165, 1.54) is 6.07 Å². The number of benzene rings is 1. The van der Waals surface area contributed by atoms with Crippen LogP contribution < -0.4 is 20.4 Å². The summed E-state index contributed by atoms with van der Waals surface area (Å²) in [4.78, 5) is 23.9. The van der Waals surface area contributed by atoms with E-state index in [1.807, 2.05) is 13.8 Å². The summed E-state index contributed by atoms with van der Waals surface area (Å²) in [5, 5.41) is 12.3. The average Bonchev–Trinajstić information content (AvgIpc) is 2.57. The maximum Gasteiger partial charge on any atom is 0.336 e. The first-order valence-corrected chi connectivity index (χ1v) is 9.02. The van der Waals surface area contributed by atoms with Gasteiger partial charge >= 0.3 is 5.63 Å². The summed E-state index contributed by atoms with van der Waals surface area (Å²) >= 11 is 0. The fourth-order valence-corrected chi connectivity index (χ4v) is 3.24. The van der Waals surface area contributed by atoms with E-state index in [2.05, 4.69) is 5.32 Å². The van der Waals surface area contributed by atoms with Crippen LogP contribution in [0.25, 0.3) is 11.0 Å². The molecular formula is C20H25NO6. The summed E-state index contributed by atoms with van der Waals surface area (Å²) in [6.07, 6.45) is 1.52. The third-order valence-corrected chi connectivity index (χ3v) is 4.64. The van der Waals surface area contributed by atoms with Crippen LogP contribution in [-0.2, 0) is 11.2 Å². The van der Waals surface area contributed by atoms with Crippen LogP contribution in [0.15, 0.2) is 21.3 Å². The minimum atomic E-state index is -0.432. The topological polar surface area (TPSA) is 98.0 Å². The highest BCUT2D eigenvalue weighted by atomic mass is 16.5. The van der Waals surface area contributed by atoms with Crippen LogP contribution in [0, 0.1) is 6.92 Å².